The number of rotatable bonds is 3. The number of hydrogen-bond donors (Lipinski definition) is 1. The Morgan fingerprint density at radius 3 is 2.90 bits per heavy atom. The minimum absolute atomic E-state index is 0.0656. The van der Waals surface area contributed by atoms with E-state index in [1.807, 2.05) is 25.1 Å². The number of nitrogens with zero attached hydrogens (tertiary/aromatic N) is 1. The number of carbonyl (C=O) groups is 1. The number of carbonyl (C=O) groups excluding carboxylic acids is 1. The predicted octanol–water partition coefficient (Wildman–Crippen LogP) is 1.92. The molecule has 1 N–H and O–H groups in total. The van der Waals surface area contributed by atoms with E-state index in [2.05, 4.69) is 0 Å². The summed E-state index contributed by atoms with van der Waals surface area (Å²) in [6, 6.07) is 5.83. The first-order chi connectivity index (χ1) is 9.41. The molecule has 1 aromatic carbocycles. The average molecular weight is 277 g/mol. The van der Waals surface area contributed by atoms with Gasteiger partial charge in [-0.1, -0.05) is 12.1 Å². The number of benzene rings is 1. The number of amides is 1. The molecule has 20 heavy (non-hydrogen) atoms. The maximum atomic E-state index is 12.3. The van der Waals surface area contributed by atoms with Crippen LogP contribution in [0.3, 0.4) is 0 Å². The zero-order valence-electron chi connectivity index (χ0n) is 12.5. The molecule has 1 aromatic rings. The number of ether oxygens (including phenoxy) is 1. The van der Waals surface area contributed by atoms with E-state index in [0.717, 1.165) is 36.3 Å². The van der Waals surface area contributed by atoms with E-state index in [1.54, 1.807) is 18.9 Å². The molecule has 1 unspecified atom stereocenters. The lowest BCUT2D eigenvalue weighted by atomic mass is 9.94. The third-order valence-electron chi connectivity index (χ3n) is 3.86. The molecule has 1 aliphatic heterocycles. The molecule has 4 nitrogen and oxygen atoms in total. The van der Waals surface area contributed by atoms with Crippen LogP contribution in [0.2, 0.25) is 0 Å². The lowest BCUT2D eigenvalue weighted by molar-refractivity contribution is -0.136. The fourth-order valence-corrected chi connectivity index (χ4v) is 2.69. The molecule has 0 saturated carbocycles. The molecular weight excluding hydrogens is 254 g/mol. The number of likely N-dealkylation sites (tertiary alicyclic amines) is 1. The van der Waals surface area contributed by atoms with E-state index < -0.39 is 5.60 Å². The largest absolute Gasteiger partial charge is 0.496 e. The van der Waals surface area contributed by atoms with Crippen LogP contribution in [0.25, 0.3) is 0 Å². The highest BCUT2D eigenvalue weighted by molar-refractivity contribution is 5.79. The minimum atomic E-state index is -0.751. The second-order valence-electron chi connectivity index (χ2n) is 5.90. The number of piperidine rings is 1. The van der Waals surface area contributed by atoms with Gasteiger partial charge in [0.2, 0.25) is 5.91 Å². The van der Waals surface area contributed by atoms with Gasteiger partial charge >= 0.3 is 0 Å². The zero-order chi connectivity index (χ0) is 14.8. The fourth-order valence-electron chi connectivity index (χ4n) is 2.69. The molecule has 110 valence electrons. The third-order valence-corrected chi connectivity index (χ3v) is 3.86. The molecule has 1 fully saturated rings. The maximum absolute atomic E-state index is 12.3. The van der Waals surface area contributed by atoms with Gasteiger partial charge in [0.05, 0.1) is 19.1 Å². The summed E-state index contributed by atoms with van der Waals surface area (Å²) >= 11 is 0. The van der Waals surface area contributed by atoms with Crippen molar-refractivity contribution >= 4 is 5.91 Å². The Balaban J connectivity index is 2.04. The van der Waals surface area contributed by atoms with Crippen LogP contribution in [0.4, 0.5) is 0 Å². The summed E-state index contributed by atoms with van der Waals surface area (Å²) in [5.41, 5.74) is 1.26. The summed E-state index contributed by atoms with van der Waals surface area (Å²) in [6.45, 7) is 4.93. The molecule has 0 aromatic heterocycles. The van der Waals surface area contributed by atoms with Crippen molar-refractivity contribution in [2.24, 2.45) is 0 Å². The van der Waals surface area contributed by atoms with Gasteiger partial charge in [-0.2, -0.15) is 0 Å². The van der Waals surface area contributed by atoms with Gasteiger partial charge in [-0.15, -0.1) is 0 Å². The molecule has 1 atom stereocenters. The van der Waals surface area contributed by atoms with Crippen LogP contribution in [0.1, 0.15) is 30.9 Å². The van der Waals surface area contributed by atoms with Gasteiger partial charge in [-0.05, 0) is 43.9 Å². The topological polar surface area (TPSA) is 49.8 Å². The van der Waals surface area contributed by atoms with Gasteiger partial charge in [0, 0.05) is 13.1 Å². The van der Waals surface area contributed by atoms with E-state index in [9.17, 15) is 9.90 Å². The first-order valence-electron chi connectivity index (χ1n) is 7.05. The number of methoxy groups -OCH3 is 1. The van der Waals surface area contributed by atoms with Crippen molar-refractivity contribution in [2.75, 3.05) is 20.2 Å². The van der Waals surface area contributed by atoms with E-state index >= 15 is 0 Å². The Bertz CT molecular complexity index is 496. The second kappa shape index (κ2) is 5.83. The molecule has 0 bridgehead atoms. The highest BCUT2D eigenvalue weighted by Gasteiger charge is 2.30. The van der Waals surface area contributed by atoms with Crippen molar-refractivity contribution < 1.29 is 14.6 Å². The molecule has 0 radical (unpaired) electrons. The number of hydrogen-bond acceptors (Lipinski definition) is 3. The van der Waals surface area contributed by atoms with Crippen LogP contribution in [0, 0.1) is 6.92 Å². The van der Waals surface area contributed by atoms with E-state index in [4.69, 9.17) is 4.74 Å². The van der Waals surface area contributed by atoms with E-state index in [1.165, 1.54) is 0 Å². The van der Waals surface area contributed by atoms with Gasteiger partial charge in [0.15, 0.2) is 0 Å². The van der Waals surface area contributed by atoms with Crippen molar-refractivity contribution in [2.45, 2.75) is 38.7 Å². The Morgan fingerprint density at radius 1 is 1.50 bits per heavy atom. The Kier molecular flexibility index (Phi) is 4.33. The van der Waals surface area contributed by atoms with Gasteiger partial charge in [-0.25, -0.2) is 0 Å². The highest BCUT2D eigenvalue weighted by atomic mass is 16.5. The summed E-state index contributed by atoms with van der Waals surface area (Å²) in [5.74, 6) is 0.872. The van der Waals surface area contributed by atoms with Crippen LogP contribution < -0.4 is 4.74 Å². The van der Waals surface area contributed by atoms with Crippen LogP contribution in [-0.2, 0) is 11.2 Å². The van der Waals surface area contributed by atoms with Gasteiger partial charge in [0.1, 0.15) is 5.75 Å². The SMILES string of the molecule is COc1cc(CC(=O)N2CCCC(C)(O)C2)ccc1C. The van der Waals surface area contributed by atoms with Gasteiger partial charge in [0.25, 0.3) is 0 Å². The Morgan fingerprint density at radius 2 is 2.25 bits per heavy atom. The highest BCUT2D eigenvalue weighted by Crippen LogP contribution is 2.23. The number of β-amino-alcohol motifs (C(OH)–C–C–N with tert-alkyl or cyclic N) is 1. The van der Waals surface area contributed by atoms with Crippen molar-refractivity contribution in [1.29, 1.82) is 0 Å². The zero-order valence-corrected chi connectivity index (χ0v) is 12.5. The Labute approximate surface area is 120 Å². The van der Waals surface area contributed by atoms with Crippen LogP contribution in [0.5, 0.6) is 5.75 Å². The van der Waals surface area contributed by atoms with E-state index in [0.29, 0.717) is 13.0 Å². The smallest absolute Gasteiger partial charge is 0.227 e. The van der Waals surface area contributed by atoms with Gasteiger partial charge < -0.3 is 14.7 Å². The monoisotopic (exact) mass is 277 g/mol. The van der Waals surface area contributed by atoms with Crippen molar-refractivity contribution in [3.05, 3.63) is 29.3 Å². The van der Waals surface area contributed by atoms with Crippen molar-refractivity contribution in [3.8, 4) is 5.75 Å². The quantitative estimate of drug-likeness (QED) is 0.918. The average Bonchev–Trinajstić information content (AvgIpc) is 2.39. The molecule has 1 saturated heterocycles. The van der Waals surface area contributed by atoms with Crippen LogP contribution in [-0.4, -0.2) is 41.7 Å². The molecule has 0 spiro atoms. The molecule has 1 amide bonds. The molecule has 1 aliphatic rings. The standard InChI is InChI=1S/C16H23NO3/c1-12-5-6-13(9-14(12)20-3)10-15(18)17-8-4-7-16(2,19)11-17/h5-6,9,19H,4,7-8,10-11H2,1-3H3. The summed E-state index contributed by atoms with van der Waals surface area (Å²) in [4.78, 5) is 14.1. The summed E-state index contributed by atoms with van der Waals surface area (Å²) in [7, 11) is 1.63. The van der Waals surface area contributed by atoms with Gasteiger partial charge in [-0.3, -0.25) is 4.79 Å². The fraction of sp³-hybridized carbons (Fsp3) is 0.562. The lowest BCUT2D eigenvalue weighted by Crippen LogP contribution is -2.49. The number of aryl methyl sites for hydroxylation is 1. The van der Waals surface area contributed by atoms with Crippen LogP contribution >= 0.6 is 0 Å². The molecule has 2 rings (SSSR count). The summed E-state index contributed by atoms with van der Waals surface area (Å²) in [5, 5.41) is 10.1. The first-order valence-corrected chi connectivity index (χ1v) is 7.05. The molecular formula is C16H23NO3. The Hall–Kier alpha value is -1.55. The molecule has 1 heterocycles. The molecule has 4 heteroatoms. The minimum Gasteiger partial charge on any atom is -0.496 e. The molecule has 0 aliphatic carbocycles. The maximum Gasteiger partial charge on any atom is 0.227 e. The van der Waals surface area contributed by atoms with Crippen LogP contribution in [0.15, 0.2) is 18.2 Å². The second-order valence-corrected chi connectivity index (χ2v) is 5.90. The first kappa shape index (κ1) is 14.9. The summed E-state index contributed by atoms with van der Waals surface area (Å²) in [6.07, 6.45) is 1.97. The van der Waals surface area contributed by atoms with Crippen molar-refractivity contribution in [1.82, 2.24) is 4.90 Å². The third kappa shape index (κ3) is 3.51. The van der Waals surface area contributed by atoms with Crippen molar-refractivity contribution in [3.63, 3.8) is 0 Å². The number of aliphatic hydroxyl groups is 1. The van der Waals surface area contributed by atoms with E-state index in [-0.39, 0.29) is 5.91 Å². The summed E-state index contributed by atoms with van der Waals surface area (Å²) < 4.78 is 5.28. The lowest BCUT2D eigenvalue weighted by Gasteiger charge is -2.36. The predicted molar refractivity (Wildman–Crippen MR) is 77.9 cm³/mol. The normalized spacial score (nSPS) is 22.7.